The molecule has 1 atom stereocenters. The molecular weight excluding hydrogens is 150 g/mol. The summed E-state index contributed by atoms with van der Waals surface area (Å²) in [6, 6.07) is 9.51. The van der Waals surface area contributed by atoms with Crippen molar-refractivity contribution >= 4 is 5.78 Å². The molecule has 12 heavy (non-hydrogen) atoms. The van der Waals surface area contributed by atoms with E-state index in [0.29, 0.717) is 6.42 Å². The zero-order valence-corrected chi connectivity index (χ0v) is 7.16. The summed E-state index contributed by atoms with van der Waals surface area (Å²) in [6.07, 6.45) is 0.421. The summed E-state index contributed by atoms with van der Waals surface area (Å²) in [4.78, 5) is 10.7. The van der Waals surface area contributed by atoms with Gasteiger partial charge in [-0.1, -0.05) is 30.3 Å². The molecule has 1 aromatic rings. The van der Waals surface area contributed by atoms with E-state index in [9.17, 15) is 4.79 Å². The zero-order valence-electron chi connectivity index (χ0n) is 7.16. The van der Waals surface area contributed by atoms with E-state index >= 15 is 0 Å². The smallest absolute Gasteiger partial charge is 0.131 e. The summed E-state index contributed by atoms with van der Waals surface area (Å²) in [6.45, 7) is 1.56. The molecule has 2 N–H and O–H groups in total. The molecule has 0 aromatic heterocycles. The second-order valence-corrected chi connectivity index (χ2v) is 2.92. The third kappa shape index (κ3) is 2.47. The second-order valence-electron chi connectivity index (χ2n) is 2.92. The van der Waals surface area contributed by atoms with Crippen LogP contribution in [0.5, 0.6) is 0 Å². The molecule has 1 aromatic carbocycles. The fraction of sp³-hybridized carbons (Fsp3) is 0.300. The molecule has 0 amide bonds. The fourth-order valence-electron chi connectivity index (χ4n) is 1.13. The van der Waals surface area contributed by atoms with Gasteiger partial charge in [0.15, 0.2) is 0 Å². The molecule has 0 heterocycles. The highest BCUT2D eigenvalue weighted by Gasteiger charge is 2.06. The third-order valence-corrected chi connectivity index (χ3v) is 1.74. The maximum atomic E-state index is 10.7. The van der Waals surface area contributed by atoms with E-state index in [4.69, 9.17) is 5.73 Å². The van der Waals surface area contributed by atoms with Crippen LogP contribution in [-0.4, -0.2) is 5.78 Å². The normalized spacial score (nSPS) is 12.5. The number of rotatable bonds is 3. The Kier molecular flexibility index (Phi) is 3.00. The quantitative estimate of drug-likeness (QED) is 0.736. The first-order valence-electron chi connectivity index (χ1n) is 4.00. The van der Waals surface area contributed by atoms with E-state index in [1.54, 1.807) is 6.92 Å². The first kappa shape index (κ1) is 8.94. The Morgan fingerprint density at radius 3 is 2.50 bits per heavy atom. The molecule has 0 aliphatic carbocycles. The van der Waals surface area contributed by atoms with Gasteiger partial charge in [0.1, 0.15) is 5.78 Å². The molecule has 0 saturated heterocycles. The van der Waals surface area contributed by atoms with E-state index in [0.717, 1.165) is 5.56 Å². The van der Waals surface area contributed by atoms with Crippen molar-refractivity contribution in [3.8, 4) is 0 Å². The van der Waals surface area contributed by atoms with Crippen LogP contribution in [0.3, 0.4) is 0 Å². The SMILES string of the molecule is CC(=O)C[C@@H](N)c1ccccc1. The van der Waals surface area contributed by atoms with Crippen molar-refractivity contribution in [3.05, 3.63) is 35.9 Å². The van der Waals surface area contributed by atoms with Crippen molar-refractivity contribution in [2.75, 3.05) is 0 Å². The summed E-state index contributed by atoms with van der Waals surface area (Å²) in [5, 5.41) is 0. The van der Waals surface area contributed by atoms with Crippen molar-refractivity contribution in [3.63, 3.8) is 0 Å². The molecule has 1 rings (SSSR count). The van der Waals surface area contributed by atoms with Gasteiger partial charge in [-0.15, -0.1) is 0 Å². The number of ketones is 1. The van der Waals surface area contributed by atoms with Crippen molar-refractivity contribution in [1.82, 2.24) is 0 Å². The Hall–Kier alpha value is -1.15. The molecule has 0 radical (unpaired) electrons. The highest BCUT2D eigenvalue weighted by atomic mass is 16.1. The summed E-state index contributed by atoms with van der Waals surface area (Å²) >= 11 is 0. The number of carbonyl (C=O) groups excluding carboxylic acids is 1. The minimum atomic E-state index is -0.149. The van der Waals surface area contributed by atoms with Gasteiger partial charge < -0.3 is 5.73 Å². The van der Waals surface area contributed by atoms with Gasteiger partial charge in [-0.25, -0.2) is 0 Å². The topological polar surface area (TPSA) is 43.1 Å². The minimum absolute atomic E-state index is 0.131. The number of Topliss-reactive ketones (excluding diaryl/α,β-unsaturated/α-hetero) is 1. The monoisotopic (exact) mass is 163 g/mol. The fourth-order valence-corrected chi connectivity index (χ4v) is 1.13. The van der Waals surface area contributed by atoms with Gasteiger partial charge in [0.2, 0.25) is 0 Å². The van der Waals surface area contributed by atoms with Crippen molar-refractivity contribution in [2.24, 2.45) is 5.73 Å². The molecule has 2 nitrogen and oxygen atoms in total. The van der Waals surface area contributed by atoms with Gasteiger partial charge >= 0.3 is 0 Å². The first-order chi connectivity index (χ1) is 5.70. The van der Waals surface area contributed by atoms with Crippen LogP contribution in [0.1, 0.15) is 24.9 Å². The highest BCUT2D eigenvalue weighted by Crippen LogP contribution is 2.12. The second kappa shape index (κ2) is 4.02. The number of hydrogen-bond acceptors (Lipinski definition) is 2. The zero-order chi connectivity index (χ0) is 8.97. The Morgan fingerprint density at radius 1 is 1.42 bits per heavy atom. The molecule has 0 aliphatic heterocycles. The average molecular weight is 163 g/mol. The Bertz CT molecular complexity index is 256. The lowest BCUT2D eigenvalue weighted by atomic mass is 10.0. The Labute approximate surface area is 72.4 Å². The summed E-state index contributed by atoms with van der Waals surface area (Å²) in [5.41, 5.74) is 6.80. The predicted molar refractivity (Wildman–Crippen MR) is 48.7 cm³/mol. The lowest BCUT2D eigenvalue weighted by Gasteiger charge is -2.08. The van der Waals surface area contributed by atoms with Crippen LogP contribution in [0.15, 0.2) is 30.3 Å². The molecule has 0 spiro atoms. The van der Waals surface area contributed by atoms with Crippen molar-refractivity contribution in [1.29, 1.82) is 0 Å². The Morgan fingerprint density at radius 2 is 2.00 bits per heavy atom. The van der Waals surface area contributed by atoms with E-state index in [1.165, 1.54) is 0 Å². The van der Waals surface area contributed by atoms with Crippen LogP contribution in [-0.2, 0) is 4.79 Å². The van der Waals surface area contributed by atoms with E-state index in [-0.39, 0.29) is 11.8 Å². The van der Waals surface area contributed by atoms with Crippen LogP contribution in [0.2, 0.25) is 0 Å². The van der Waals surface area contributed by atoms with Crippen LogP contribution in [0.4, 0.5) is 0 Å². The van der Waals surface area contributed by atoms with Gasteiger partial charge in [-0.3, -0.25) is 4.79 Å². The van der Waals surface area contributed by atoms with Crippen LogP contribution in [0.25, 0.3) is 0 Å². The average Bonchev–Trinajstić information content (AvgIpc) is 2.05. The molecule has 2 heteroatoms. The van der Waals surface area contributed by atoms with Crippen molar-refractivity contribution < 1.29 is 4.79 Å². The van der Waals surface area contributed by atoms with Crippen LogP contribution in [0, 0.1) is 0 Å². The molecule has 64 valence electrons. The number of nitrogens with two attached hydrogens (primary N) is 1. The summed E-state index contributed by atoms with van der Waals surface area (Å²) in [5.74, 6) is 0.131. The third-order valence-electron chi connectivity index (χ3n) is 1.74. The number of carbonyl (C=O) groups is 1. The maximum absolute atomic E-state index is 10.7. The first-order valence-corrected chi connectivity index (χ1v) is 4.00. The van der Waals surface area contributed by atoms with E-state index < -0.39 is 0 Å². The largest absolute Gasteiger partial charge is 0.324 e. The lowest BCUT2D eigenvalue weighted by molar-refractivity contribution is -0.117. The van der Waals surface area contributed by atoms with Gasteiger partial charge in [0.05, 0.1) is 0 Å². The number of hydrogen-bond donors (Lipinski definition) is 1. The molecule has 0 bridgehead atoms. The Balaban J connectivity index is 2.65. The summed E-state index contributed by atoms with van der Waals surface area (Å²) < 4.78 is 0. The van der Waals surface area contributed by atoms with Crippen LogP contribution < -0.4 is 5.73 Å². The molecule has 0 fully saturated rings. The van der Waals surface area contributed by atoms with E-state index in [1.807, 2.05) is 30.3 Å². The summed E-state index contributed by atoms with van der Waals surface area (Å²) in [7, 11) is 0. The van der Waals surface area contributed by atoms with E-state index in [2.05, 4.69) is 0 Å². The number of benzene rings is 1. The van der Waals surface area contributed by atoms with Gasteiger partial charge in [-0.05, 0) is 12.5 Å². The highest BCUT2D eigenvalue weighted by molar-refractivity contribution is 5.76. The maximum Gasteiger partial charge on any atom is 0.131 e. The van der Waals surface area contributed by atoms with Crippen LogP contribution >= 0.6 is 0 Å². The predicted octanol–water partition coefficient (Wildman–Crippen LogP) is 1.67. The molecular formula is C10H13NO. The molecule has 0 unspecified atom stereocenters. The molecule has 0 saturated carbocycles. The molecule has 0 aliphatic rings. The van der Waals surface area contributed by atoms with Gasteiger partial charge in [0, 0.05) is 12.5 Å². The van der Waals surface area contributed by atoms with Crippen molar-refractivity contribution in [2.45, 2.75) is 19.4 Å². The minimum Gasteiger partial charge on any atom is -0.324 e. The standard InChI is InChI=1S/C10H13NO/c1-8(12)7-10(11)9-5-3-2-4-6-9/h2-6,10H,7,11H2,1H3/t10-/m1/s1. The van der Waals surface area contributed by atoms with Gasteiger partial charge in [-0.2, -0.15) is 0 Å². The van der Waals surface area contributed by atoms with Gasteiger partial charge in [0.25, 0.3) is 0 Å². The lowest BCUT2D eigenvalue weighted by Crippen LogP contribution is -2.13.